The molecule has 0 bridgehead atoms. The van der Waals surface area contributed by atoms with Crippen molar-refractivity contribution in [3.8, 4) is 5.69 Å². The zero-order valence-corrected chi connectivity index (χ0v) is 18.2. The van der Waals surface area contributed by atoms with Gasteiger partial charge in [0.05, 0.1) is 22.4 Å². The first kappa shape index (κ1) is 19.6. The molecule has 0 spiro atoms. The van der Waals surface area contributed by atoms with Crippen LogP contribution in [0.2, 0.25) is 0 Å². The van der Waals surface area contributed by atoms with Gasteiger partial charge in [0.1, 0.15) is 11.0 Å². The molecular weight excluding hydrogens is 406 g/mol. The van der Waals surface area contributed by atoms with E-state index in [-0.39, 0.29) is 6.04 Å². The van der Waals surface area contributed by atoms with Gasteiger partial charge in [0.25, 0.3) is 0 Å². The topological polar surface area (TPSA) is 55.4 Å². The molecule has 4 aromatic carbocycles. The van der Waals surface area contributed by atoms with E-state index in [1.165, 1.54) is 16.7 Å². The van der Waals surface area contributed by atoms with Gasteiger partial charge >= 0.3 is 0 Å². The van der Waals surface area contributed by atoms with Crippen molar-refractivity contribution in [3.63, 3.8) is 0 Å². The first-order valence-corrected chi connectivity index (χ1v) is 11.3. The molecule has 0 fully saturated rings. The van der Waals surface area contributed by atoms with E-state index < -0.39 is 0 Å². The minimum atomic E-state index is 0.129. The van der Waals surface area contributed by atoms with Gasteiger partial charge in [0, 0.05) is 6.54 Å². The van der Waals surface area contributed by atoms with Crippen LogP contribution in [0, 0.1) is 0 Å². The number of nitrogens with zero attached hydrogens (tertiary/aromatic N) is 5. The third-order valence-corrected chi connectivity index (χ3v) is 6.03. The highest BCUT2D eigenvalue weighted by Gasteiger charge is 2.13. The van der Waals surface area contributed by atoms with Gasteiger partial charge in [-0.3, -0.25) is 9.98 Å². The van der Waals surface area contributed by atoms with Gasteiger partial charge in [-0.1, -0.05) is 60.7 Å². The molecule has 0 radical (unpaired) electrons. The fourth-order valence-corrected chi connectivity index (χ4v) is 4.40. The SMILES string of the molecule is c1cc(Cc2cccc(-n3nc4ccccc4n3)c2)cc(C2CCN=c3ccccc3=N2)c1. The highest BCUT2D eigenvalue weighted by atomic mass is 15.5. The molecule has 6 rings (SSSR count). The number of rotatable bonds is 4. The summed E-state index contributed by atoms with van der Waals surface area (Å²) < 4.78 is 0. The van der Waals surface area contributed by atoms with Crippen LogP contribution in [0.3, 0.4) is 0 Å². The third-order valence-electron chi connectivity index (χ3n) is 6.03. The summed E-state index contributed by atoms with van der Waals surface area (Å²) in [5, 5.41) is 11.2. The lowest BCUT2D eigenvalue weighted by atomic mass is 9.98. The smallest absolute Gasteiger partial charge is 0.113 e. The van der Waals surface area contributed by atoms with Gasteiger partial charge in [0.2, 0.25) is 0 Å². The monoisotopic (exact) mass is 429 g/mol. The highest BCUT2D eigenvalue weighted by molar-refractivity contribution is 5.73. The first-order chi connectivity index (χ1) is 16.3. The molecule has 0 amide bonds. The number of para-hydroxylation sites is 2. The molecule has 0 aliphatic carbocycles. The Morgan fingerprint density at radius 3 is 2.21 bits per heavy atom. The summed E-state index contributed by atoms with van der Waals surface area (Å²) in [6.07, 6.45) is 1.77. The van der Waals surface area contributed by atoms with E-state index in [2.05, 4.69) is 58.7 Å². The van der Waals surface area contributed by atoms with Crippen LogP contribution >= 0.6 is 0 Å². The Hall–Kier alpha value is -4.12. The van der Waals surface area contributed by atoms with Gasteiger partial charge in [-0.2, -0.15) is 4.80 Å². The molecule has 0 N–H and O–H groups in total. The third kappa shape index (κ3) is 4.05. The summed E-state index contributed by atoms with van der Waals surface area (Å²) in [6.45, 7) is 0.794. The largest absolute Gasteiger partial charge is 0.283 e. The van der Waals surface area contributed by atoms with Crippen molar-refractivity contribution >= 4 is 11.0 Å². The van der Waals surface area contributed by atoms with Crippen LogP contribution in [0.4, 0.5) is 0 Å². The maximum Gasteiger partial charge on any atom is 0.113 e. The van der Waals surface area contributed by atoms with Crippen LogP contribution in [-0.4, -0.2) is 21.5 Å². The molecule has 5 aromatic rings. The van der Waals surface area contributed by atoms with Crippen molar-refractivity contribution in [2.45, 2.75) is 18.9 Å². The molecule has 33 heavy (non-hydrogen) atoms. The minimum Gasteiger partial charge on any atom is -0.283 e. The molecule has 5 heteroatoms. The number of hydrogen-bond acceptors (Lipinski definition) is 4. The van der Waals surface area contributed by atoms with E-state index in [0.29, 0.717) is 0 Å². The Bertz CT molecular complexity index is 1530. The number of aromatic nitrogens is 3. The first-order valence-electron chi connectivity index (χ1n) is 11.3. The molecule has 0 saturated carbocycles. The van der Waals surface area contributed by atoms with E-state index in [0.717, 1.165) is 46.8 Å². The standard InChI is InChI=1S/C28H23N5/c1-2-12-26-25(11-1)29-16-15-24(30-26)22-9-5-7-20(18-22)17-21-8-6-10-23(19-21)33-31-27-13-3-4-14-28(27)32-33/h1-14,18-19,24H,15-17H2. The van der Waals surface area contributed by atoms with Gasteiger partial charge in [-0.15, -0.1) is 10.2 Å². The van der Waals surface area contributed by atoms with Crippen molar-refractivity contribution < 1.29 is 0 Å². The molecule has 1 aliphatic rings. The van der Waals surface area contributed by atoms with Crippen LogP contribution in [0.25, 0.3) is 16.7 Å². The maximum atomic E-state index is 5.02. The lowest BCUT2D eigenvalue weighted by Crippen LogP contribution is -2.24. The van der Waals surface area contributed by atoms with E-state index in [1.807, 2.05) is 48.5 Å². The molecule has 1 unspecified atom stereocenters. The number of benzene rings is 4. The van der Waals surface area contributed by atoms with Crippen LogP contribution in [-0.2, 0) is 6.42 Å². The Kier molecular flexibility index (Phi) is 5.00. The molecule has 5 nitrogen and oxygen atoms in total. The lowest BCUT2D eigenvalue weighted by Gasteiger charge is -2.12. The summed E-state index contributed by atoms with van der Waals surface area (Å²) in [4.78, 5) is 11.4. The molecule has 160 valence electrons. The van der Waals surface area contributed by atoms with Crippen LogP contribution in [0.15, 0.2) is 107 Å². The normalized spacial score (nSPS) is 15.3. The van der Waals surface area contributed by atoms with Gasteiger partial charge < -0.3 is 0 Å². The van der Waals surface area contributed by atoms with Gasteiger partial charge in [0.15, 0.2) is 0 Å². The van der Waals surface area contributed by atoms with Gasteiger partial charge in [-0.05, 0) is 65.9 Å². The fourth-order valence-electron chi connectivity index (χ4n) is 4.40. The van der Waals surface area contributed by atoms with Crippen molar-refractivity contribution in [2.24, 2.45) is 9.98 Å². The number of hydrogen-bond donors (Lipinski definition) is 0. The van der Waals surface area contributed by atoms with Crippen molar-refractivity contribution in [3.05, 3.63) is 124 Å². The average molecular weight is 430 g/mol. The van der Waals surface area contributed by atoms with Crippen molar-refractivity contribution in [1.82, 2.24) is 15.0 Å². The van der Waals surface area contributed by atoms with Crippen molar-refractivity contribution in [1.29, 1.82) is 0 Å². The van der Waals surface area contributed by atoms with E-state index >= 15 is 0 Å². The molecule has 1 aliphatic heterocycles. The quantitative estimate of drug-likeness (QED) is 0.425. The van der Waals surface area contributed by atoms with Gasteiger partial charge in [-0.25, -0.2) is 0 Å². The van der Waals surface area contributed by atoms with Crippen LogP contribution in [0.1, 0.15) is 29.2 Å². The lowest BCUT2D eigenvalue weighted by molar-refractivity contribution is 0.658. The summed E-state index contributed by atoms with van der Waals surface area (Å²) in [6, 6.07) is 33.4. The van der Waals surface area contributed by atoms with Crippen molar-refractivity contribution in [2.75, 3.05) is 6.54 Å². The zero-order chi connectivity index (χ0) is 22.0. The van der Waals surface area contributed by atoms with Crippen LogP contribution in [0.5, 0.6) is 0 Å². The minimum absolute atomic E-state index is 0.129. The Labute approximate surface area is 191 Å². The van der Waals surface area contributed by atoms with E-state index in [4.69, 9.17) is 9.98 Å². The second-order valence-electron chi connectivity index (χ2n) is 8.37. The predicted molar refractivity (Wildman–Crippen MR) is 129 cm³/mol. The Balaban J connectivity index is 1.28. The Morgan fingerprint density at radius 2 is 1.39 bits per heavy atom. The second kappa shape index (κ2) is 8.43. The van der Waals surface area contributed by atoms with E-state index in [1.54, 1.807) is 4.80 Å². The molecule has 0 saturated heterocycles. The molecule has 1 atom stereocenters. The Morgan fingerprint density at radius 1 is 0.697 bits per heavy atom. The summed E-state index contributed by atoms with van der Waals surface area (Å²) in [5.74, 6) is 0. The maximum absolute atomic E-state index is 5.02. The predicted octanol–water partition coefficient (Wildman–Crippen LogP) is 4.40. The average Bonchev–Trinajstić information content (AvgIpc) is 3.17. The fraction of sp³-hybridized carbons (Fsp3) is 0.143. The van der Waals surface area contributed by atoms with Crippen LogP contribution < -0.4 is 10.7 Å². The summed E-state index contributed by atoms with van der Waals surface area (Å²) in [7, 11) is 0. The molecule has 2 heterocycles. The summed E-state index contributed by atoms with van der Waals surface area (Å²) in [5.41, 5.74) is 6.51. The highest BCUT2D eigenvalue weighted by Crippen LogP contribution is 2.24. The number of fused-ring (bicyclic) bond motifs is 2. The zero-order valence-electron chi connectivity index (χ0n) is 18.2. The summed E-state index contributed by atoms with van der Waals surface area (Å²) >= 11 is 0. The molecule has 1 aromatic heterocycles. The van der Waals surface area contributed by atoms with E-state index in [9.17, 15) is 0 Å². The molecular formula is C28H23N5. The second-order valence-corrected chi connectivity index (χ2v) is 8.37.